The van der Waals surface area contributed by atoms with Crippen molar-refractivity contribution in [2.24, 2.45) is 0 Å². The Hall–Kier alpha value is -1.71. The van der Waals surface area contributed by atoms with Crippen molar-refractivity contribution < 1.29 is 1.43 Å². The molecule has 2 aromatic rings. The van der Waals surface area contributed by atoms with Gasteiger partial charge in [0.05, 0.1) is 0 Å². The van der Waals surface area contributed by atoms with Gasteiger partial charge in [0, 0.05) is 6.99 Å². The number of rotatable bonds is 1. The maximum absolute atomic E-state index is 3.84. The van der Waals surface area contributed by atoms with E-state index in [0.29, 0.717) is 5.82 Å². The van der Waals surface area contributed by atoms with Crippen molar-refractivity contribution in [3.8, 4) is 11.4 Å². The van der Waals surface area contributed by atoms with Crippen molar-refractivity contribution in [2.45, 2.75) is 0 Å². The van der Waals surface area contributed by atoms with Gasteiger partial charge in [-0.15, -0.1) is 10.2 Å². The molecule has 0 fully saturated rings. The Bertz CT molecular complexity index is 318. The van der Waals surface area contributed by atoms with Crippen molar-refractivity contribution in [3.63, 3.8) is 0 Å². The molecule has 4 heteroatoms. The molecule has 0 aliphatic rings. The molecule has 0 aliphatic carbocycles. The van der Waals surface area contributed by atoms with Gasteiger partial charge in [-0.2, -0.15) is 5.21 Å². The maximum Gasteiger partial charge on any atom is 0.204 e. The van der Waals surface area contributed by atoms with E-state index in [1.165, 1.54) is 0 Å². The summed E-state index contributed by atoms with van der Waals surface area (Å²) in [5.74, 6) is 0.630. The van der Waals surface area contributed by atoms with Crippen LogP contribution in [0.4, 0.5) is 0 Å². The van der Waals surface area contributed by atoms with Crippen molar-refractivity contribution in [1.29, 1.82) is 0 Å². The van der Waals surface area contributed by atoms with E-state index in [1.807, 2.05) is 30.3 Å². The zero-order valence-electron chi connectivity index (χ0n) is 5.73. The summed E-state index contributed by atoms with van der Waals surface area (Å²) in [7, 11) is 0. The Balaban J connectivity index is 0.000000720. The molecule has 2 rings (SSSR count). The average molecular weight is 148 g/mol. The van der Waals surface area contributed by atoms with Crippen molar-refractivity contribution in [3.05, 3.63) is 30.3 Å². The van der Waals surface area contributed by atoms with E-state index in [2.05, 4.69) is 20.6 Å². The van der Waals surface area contributed by atoms with Gasteiger partial charge < -0.3 is 0 Å². The number of H-pyrrole nitrogens is 1. The number of aromatic nitrogens is 4. The lowest BCUT2D eigenvalue weighted by Gasteiger charge is -1.89. The van der Waals surface area contributed by atoms with Crippen LogP contribution in [0.3, 0.4) is 0 Å². The molecule has 1 aromatic heterocycles. The van der Waals surface area contributed by atoms with Crippen molar-refractivity contribution in [1.82, 2.24) is 20.6 Å². The average Bonchev–Trinajstić information content (AvgIpc) is 2.58. The second kappa shape index (κ2) is 2.49. The molecule has 0 spiro atoms. The molecule has 4 nitrogen and oxygen atoms in total. The molecule has 0 atom stereocenters. The fourth-order valence-electron chi connectivity index (χ4n) is 0.871. The fourth-order valence-corrected chi connectivity index (χ4v) is 0.871. The number of nitrogens with one attached hydrogen (secondary N) is 1. The summed E-state index contributed by atoms with van der Waals surface area (Å²) in [5, 5.41) is 13.5. The predicted octanol–water partition coefficient (Wildman–Crippen LogP) is 1.11. The Labute approximate surface area is 64.7 Å². The molecule has 1 heterocycles. The molecule has 0 radical (unpaired) electrons. The minimum absolute atomic E-state index is 0. The fraction of sp³-hybridized carbons (Fsp3) is 0. The highest BCUT2D eigenvalue weighted by molar-refractivity contribution is 5.52. The Morgan fingerprint density at radius 1 is 1.18 bits per heavy atom. The number of nitrogens with zero attached hydrogens (tertiary/aromatic N) is 3. The number of aromatic amines is 1. The molecule has 11 heavy (non-hydrogen) atoms. The number of tetrazole rings is 1. The van der Waals surface area contributed by atoms with E-state index >= 15 is 0 Å². The molecule has 0 amide bonds. The highest BCUT2D eigenvalue weighted by atomic mass is 15.5. The second-order valence-electron chi connectivity index (χ2n) is 2.10. The number of hydrogen-bond donors (Lipinski definition) is 1. The molecular formula is C7H8N4. The van der Waals surface area contributed by atoms with E-state index in [1.54, 1.807) is 0 Å². The van der Waals surface area contributed by atoms with Gasteiger partial charge >= 0.3 is 0 Å². The molecule has 1 N–H and O–H groups in total. The second-order valence-corrected chi connectivity index (χ2v) is 2.10. The number of hydrogen-bond acceptors (Lipinski definition) is 3. The van der Waals surface area contributed by atoms with Gasteiger partial charge in [0.25, 0.3) is 0 Å². The lowest BCUT2D eigenvalue weighted by molar-refractivity contribution is 0.881. The molecule has 0 saturated carbocycles. The van der Waals surface area contributed by atoms with E-state index in [4.69, 9.17) is 0 Å². The quantitative estimate of drug-likeness (QED) is 0.659. The lowest BCUT2D eigenvalue weighted by atomic mass is 10.2. The smallest absolute Gasteiger partial charge is 0.177 e. The molecule has 0 aliphatic heterocycles. The SMILES string of the molecule is [HH].c1ccc(-c2nn[nH]n2)cc1. The van der Waals surface area contributed by atoms with Crippen LogP contribution in [0.5, 0.6) is 0 Å². The standard InChI is InChI=1S/C7H6N4.H2/c1-2-4-6(5-3-1)7-8-10-11-9-7;/h1-5H,(H,8,9,10,11);1H. The largest absolute Gasteiger partial charge is 0.204 e. The van der Waals surface area contributed by atoms with Crippen LogP contribution in [0.1, 0.15) is 1.43 Å². The van der Waals surface area contributed by atoms with Gasteiger partial charge in [0.1, 0.15) is 0 Å². The number of benzene rings is 1. The summed E-state index contributed by atoms with van der Waals surface area (Å²) >= 11 is 0. The summed E-state index contributed by atoms with van der Waals surface area (Å²) in [6, 6.07) is 9.69. The van der Waals surface area contributed by atoms with Crippen LogP contribution in [0, 0.1) is 0 Å². The molecule has 56 valence electrons. The molecule has 1 aromatic carbocycles. The third-order valence-electron chi connectivity index (χ3n) is 1.38. The van der Waals surface area contributed by atoms with E-state index in [0.717, 1.165) is 5.56 Å². The summed E-state index contributed by atoms with van der Waals surface area (Å²) in [4.78, 5) is 0. The minimum atomic E-state index is 0. The van der Waals surface area contributed by atoms with Gasteiger partial charge in [0.15, 0.2) is 0 Å². The van der Waals surface area contributed by atoms with Gasteiger partial charge in [-0.3, -0.25) is 0 Å². The first kappa shape index (κ1) is 6.03. The van der Waals surface area contributed by atoms with Gasteiger partial charge in [-0.05, 0) is 5.21 Å². The summed E-state index contributed by atoms with van der Waals surface area (Å²) in [5.41, 5.74) is 0.973. The van der Waals surface area contributed by atoms with Gasteiger partial charge in [0.2, 0.25) is 5.82 Å². The highest BCUT2D eigenvalue weighted by Gasteiger charge is 1.98. The molecule has 0 saturated heterocycles. The van der Waals surface area contributed by atoms with Crippen LogP contribution in [0.15, 0.2) is 30.3 Å². The predicted molar refractivity (Wildman–Crippen MR) is 41.7 cm³/mol. The van der Waals surface area contributed by atoms with Crippen LogP contribution in [0.25, 0.3) is 11.4 Å². The third kappa shape index (κ3) is 1.10. The van der Waals surface area contributed by atoms with Crippen LogP contribution in [-0.2, 0) is 0 Å². The zero-order chi connectivity index (χ0) is 7.52. The topological polar surface area (TPSA) is 54.5 Å². The highest BCUT2D eigenvalue weighted by Crippen LogP contribution is 2.10. The van der Waals surface area contributed by atoms with Gasteiger partial charge in [-0.25, -0.2) is 0 Å². The van der Waals surface area contributed by atoms with E-state index < -0.39 is 0 Å². The Morgan fingerprint density at radius 3 is 2.64 bits per heavy atom. The van der Waals surface area contributed by atoms with Crippen molar-refractivity contribution >= 4 is 0 Å². The van der Waals surface area contributed by atoms with Crippen molar-refractivity contribution in [2.75, 3.05) is 0 Å². The molecular weight excluding hydrogens is 140 g/mol. The third-order valence-corrected chi connectivity index (χ3v) is 1.38. The summed E-state index contributed by atoms with van der Waals surface area (Å²) in [6.45, 7) is 0. The lowest BCUT2D eigenvalue weighted by Crippen LogP contribution is -1.78. The van der Waals surface area contributed by atoms with Crippen LogP contribution >= 0.6 is 0 Å². The van der Waals surface area contributed by atoms with E-state index in [-0.39, 0.29) is 1.43 Å². The monoisotopic (exact) mass is 148 g/mol. The van der Waals surface area contributed by atoms with Crippen LogP contribution in [-0.4, -0.2) is 20.6 Å². The minimum Gasteiger partial charge on any atom is -0.177 e. The van der Waals surface area contributed by atoms with Crippen LogP contribution < -0.4 is 0 Å². The van der Waals surface area contributed by atoms with Gasteiger partial charge in [-0.1, -0.05) is 30.3 Å². The first-order valence-electron chi connectivity index (χ1n) is 3.26. The first-order valence-corrected chi connectivity index (χ1v) is 3.26. The maximum atomic E-state index is 3.84. The van der Waals surface area contributed by atoms with Crippen LogP contribution in [0.2, 0.25) is 0 Å². The summed E-state index contributed by atoms with van der Waals surface area (Å²) in [6.07, 6.45) is 0. The molecule has 0 unspecified atom stereocenters. The molecule has 0 bridgehead atoms. The van der Waals surface area contributed by atoms with E-state index in [9.17, 15) is 0 Å². The summed E-state index contributed by atoms with van der Waals surface area (Å²) < 4.78 is 0. The Kier molecular flexibility index (Phi) is 1.37. The first-order chi connectivity index (χ1) is 5.47. The zero-order valence-corrected chi connectivity index (χ0v) is 5.73. The Morgan fingerprint density at radius 2 is 2.00 bits per heavy atom. The normalized spacial score (nSPS) is 9.82.